The third-order valence-corrected chi connectivity index (χ3v) is 7.99. The molecule has 1 saturated heterocycles. The van der Waals surface area contributed by atoms with Gasteiger partial charge in [-0.3, -0.25) is 14.4 Å². The van der Waals surface area contributed by atoms with Crippen LogP contribution in [0.15, 0.2) is 24.5 Å². The number of nitrogens with zero attached hydrogens (tertiary/aromatic N) is 4. The first-order valence-electron chi connectivity index (χ1n) is 13.8. The van der Waals surface area contributed by atoms with Crippen molar-refractivity contribution in [1.82, 2.24) is 20.6 Å². The smallest absolute Gasteiger partial charge is 0.253 e. The molecule has 0 spiro atoms. The molecule has 2 aliphatic heterocycles. The van der Waals surface area contributed by atoms with E-state index in [0.29, 0.717) is 36.2 Å². The molecule has 1 saturated carbocycles. The summed E-state index contributed by atoms with van der Waals surface area (Å²) < 4.78 is 0. The van der Waals surface area contributed by atoms with Crippen LogP contribution in [-0.4, -0.2) is 59.4 Å². The maximum absolute atomic E-state index is 13.1. The summed E-state index contributed by atoms with van der Waals surface area (Å²) >= 11 is 0. The number of nitrogens with one attached hydrogen (secondary N) is 3. The number of carbonyl (C=O) groups is 3. The van der Waals surface area contributed by atoms with Crippen LogP contribution >= 0.6 is 0 Å². The SMILES string of the molecule is CC[C@@H]1C(=O)N(C)c2cnc(Nc3ncc(C(=O)N[C@@H]4CCCCNC4=O)cc3C)cc2N1C1CCCC1. The van der Waals surface area contributed by atoms with Crippen LogP contribution < -0.4 is 25.8 Å². The summed E-state index contributed by atoms with van der Waals surface area (Å²) in [7, 11) is 1.82. The first-order valence-corrected chi connectivity index (χ1v) is 13.8. The van der Waals surface area contributed by atoms with E-state index in [2.05, 4.69) is 37.7 Å². The van der Waals surface area contributed by atoms with Crippen molar-refractivity contribution in [1.29, 1.82) is 0 Å². The minimum Gasteiger partial charge on any atom is -0.355 e. The molecule has 10 nitrogen and oxygen atoms in total. The van der Waals surface area contributed by atoms with Crippen molar-refractivity contribution >= 4 is 40.7 Å². The van der Waals surface area contributed by atoms with Gasteiger partial charge in [-0.2, -0.15) is 0 Å². The van der Waals surface area contributed by atoms with Gasteiger partial charge in [0.1, 0.15) is 23.7 Å². The van der Waals surface area contributed by atoms with Crippen molar-refractivity contribution in [2.45, 2.75) is 83.3 Å². The minimum atomic E-state index is -0.525. The lowest BCUT2D eigenvalue weighted by Gasteiger charge is -2.44. The molecule has 2 aromatic heterocycles. The Morgan fingerprint density at radius 1 is 1.05 bits per heavy atom. The summed E-state index contributed by atoms with van der Waals surface area (Å²) in [6.07, 6.45) is 11.0. The van der Waals surface area contributed by atoms with Gasteiger partial charge in [0.05, 0.1) is 23.1 Å². The van der Waals surface area contributed by atoms with Gasteiger partial charge in [0.25, 0.3) is 5.91 Å². The molecule has 2 atom stereocenters. The van der Waals surface area contributed by atoms with Gasteiger partial charge in [-0.05, 0) is 57.1 Å². The van der Waals surface area contributed by atoms with Crippen LogP contribution in [-0.2, 0) is 9.59 Å². The van der Waals surface area contributed by atoms with Gasteiger partial charge in [0.15, 0.2) is 0 Å². The van der Waals surface area contributed by atoms with Gasteiger partial charge in [-0.1, -0.05) is 19.8 Å². The van der Waals surface area contributed by atoms with Gasteiger partial charge in [-0.25, -0.2) is 9.97 Å². The lowest BCUT2D eigenvalue weighted by Crippen LogP contribution is -2.55. The standard InChI is InChI=1S/C28H37N7O3/c1-4-21-28(38)34(3)23-16-30-24(14-22(23)35(21)19-9-5-6-10-19)33-25-17(2)13-18(15-31-25)26(36)32-20-11-7-8-12-29-27(20)37/h13-16,19-21H,4-12H2,1-3H3,(H,29,37)(H,32,36)(H,30,31,33)/t20-,21-/m1/s1. The molecule has 3 aliphatic rings. The maximum atomic E-state index is 13.1. The molecular formula is C28H37N7O3. The van der Waals surface area contributed by atoms with Crippen LogP contribution in [0.2, 0.25) is 0 Å². The Kier molecular flexibility index (Phi) is 7.49. The highest BCUT2D eigenvalue weighted by Crippen LogP contribution is 2.41. The predicted molar refractivity (Wildman–Crippen MR) is 147 cm³/mol. The van der Waals surface area contributed by atoms with E-state index in [1.165, 1.54) is 19.0 Å². The molecule has 5 rings (SSSR count). The normalized spacial score (nSPS) is 22.1. The monoisotopic (exact) mass is 519 g/mol. The number of anilines is 4. The van der Waals surface area contributed by atoms with Crippen molar-refractivity contribution in [2.75, 3.05) is 28.7 Å². The van der Waals surface area contributed by atoms with E-state index in [-0.39, 0.29) is 23.8 Å². The molecule has 0 radical (unpaired) electrons. The quantitative estimate of drug-likeness (QED) is 0.535. The number of aromatic nitrogens is 2. The minimum absolute atomic E-state index is 0.113. The average Bonchev–Trinajstić information content (AvgIpc) is 3.37. The summed E-state index contributed by atoms with van der Waals surface area (Å²) in [4.78, 5) is 51.3. The number of aryl methyl sites for hydroxylation is 1. The third-order valence-electron chi connectivity index (χ3n) is 7.99. The molecule has 0 unspecified atom stereocenters. The molecule has 0 bridgehead atoms. The Morgan fingerprint density at radius 2 is 1.82 bits per heavy atom. The number of hydrogen-bond donors (Lipinski definition) is 3. The Hall–Kier alpha value is -3.69. The molecule has 2 aromatic rings. The number of fused-ring (bicyclic) bond motifs is 1. The van der Waals surface area contributed by atoms with E-state index in [4.69, 9.17) is 0 Å². The molecule has 10 heteroatoms. The number of hydrogen-bond acceptors (Lipinski definition) is 7. The zero-order valence-electron chi connectivity index (χ0n) is 22.4. The van der Waals surface area contributed by atoms with Crippen molar-refractivity contribution in [2.24, 2.45) is 0 Å². The zero-order chi connectivity index (χ0) is 26.8. The van der Waals surface area contributed by atoms with Crippen molar-refractivity contribution in [3.05, 3.63) is 35.7 Å². The lowest BCUT2D eigenvalue weighted by atomic mass is 10.0. The molecule has 2 fully saturated rings. The van der Waals surface area contributed by atoms with E-state index >= 15 is 0 Å². The van der Waals surface area contributed by atoms with E-state index in [0.717, 1.165) is 49.0 Å². The van der Waals surface area contributed by atoms with Crippen LogP contribution in [0.3, 0.4) is 0 Å². The molecule has 38 heavy (non-hydrogen) atoms. The zero-order valence-corrected chi connectivity index (χ0v) is 22.4. The van der Waals surface area contributed by atoms with Gasteiger partial charge in [-0.15, -0.1) is 0 Å². The fraction of sp³-hybridized carbons (Fsp3) is 0.536. The van der Waals surface area contributed by atoms with Gasteiger partial charge in [0.2, 0.25) is 11.8 Å². The van der Waals surface area contributed by atoms with Gasteiger partial charge < -0.3 is 25.8 Å². The highest BCUT2D eigenvalue weighted by molar-refractivity contribution is 6.05. The maximum Gasteiger partial charge on any atom is 0.253 e. The molecule has 202 valence electrons. The Balaban J connectivity index is 1.36. The molecule has 4 heterocycles. The third kappa shape index (κ3) is 5.04. The van der Waals surface area contributed by atoms with E-state index in [9.17, 15) is 14.4 Å². The Bertz CT molecular complexity index is 1230. The first kappa shape index (κ1) is 25.9. The Morgan fingerprint density at radius 3 is 2.55 bits per heavy atom. The van der Waals surface area contributed by atoms with E-state index < -0.39 is 6.04 Å². The summed E-state index contributed by atoms with van der Waals surface area (Å²) in [5.41, 5.74) is 3.02. The largest absolute Gasteiger partial charge is 0.355 e. The number of pyridine rings is 2. The number of likely N-dealkylation sites (N-methyl/N-ethyl adjacent to an activating group) is 1. The molecule has 0 aromatic carbocycles. The number of amides is 3. The van der Waals surface area contributed by atoms with Crippen LogP contribution in [0.1, 0.15) is 74.2 Å². The summed E-state index contributed by atoms with van der Waals surface area (Å²) in [6, 6.07) is 3.41. The Labute approximate surface area is 223 Å². The fourth-order valence-electron chi connectivity index (χ4n) is 5.87. The van der Waals surface area contributed by atoms with Crippen LogP contribution in [0.4, 0.5) is 23.0 Å². The fourth-order valence-corrected chi connectivity index (χ4v) is 5.87. The second-order valence-electron chi connectivity index (χ2n) is 10.6. The van der Waals surface area contributed by atoms with Gasteiger partial charge >= 0.3 is 0 Å². The summed E-state index contributed by atoms with van der Waals surface area (Å²) in [5.74, 6) is 0.892. The first-order chi connectivity index (χ1) is 18.4. The number of rotatable bonds is 6. The second kappa shape index (κ2) is 11.0. The molecule has 3 amide bonds. The molecular weight excluding hydrogens is 482 g/mol. The highest BCUT2D eigenvalue weighted by Gasteiger charge is 2.40. The lowest BCUT2D eigenvalue weighted by molar-refractivity contribution is -0.122. The highest BCUT2D eigenvalue weighted by atomic mass is 16.2. The second-order valence-corrected chi connectivity index (χ2v) is 10.6. The van der Waals surface area contributed by atoms with Crippen LogP contribution in [0.5, 0.6) is 0 Å². The van der Waals surface area contributed by atoms with Crippen molar-refractivity contribution in [3.8, 4) is 0 Å². The molecule has 3 N–H and O–H groups in total. The van der Waals surface area contributed by atoms with E-state index in [1.54, 1.807) is 17.2 Å². The average molecular weight is 520 g/mol. The summed E-state index contributed by atoms with van der Waals surface area (Å²) in [5, 5.41) is 8.99. The van der Waals surface area contributed by atoms with Crippen LogP contribution in [0, 0.1) is 6.92 Å². The van der Waals surface area contributed by atoms with E-state index in [1.807, 2.05) is 20.0 Å². The van der Waals surface area contributed by atoms with Crippen molar-refractivity contribution in [3.63, 3.8) is 0 Å². The molecule has 1 aliphatic carbocycles. The topological polar surface area (TPSA) is 120 Å². The van der Waals surface area contributed by atoms with Crippen LogP contribution in [0.25, 0.3) is 0 Å². The predicted octanol–water partition coefficient (Wildman–Crippen LogP) is 3.43. The summed E-state index contributed by atoms with van der Waals surface area (Å²) in [6.45, 7) is 4.59. The number of carbonyl (C=O) groups excluding carboxylic acids is 3. The van der Waals surface area contributed by atoms with Gasteiger partial charge in [0, 0.05) is 31.9 Å². The van der Waals surface area contributed by atoms with Crippen molar-refractivity contribution < 1.29 is 14.4 Å².